The fourth-order valence-corrected chi connectivity index (χ4v) is 2.57. The second-order valence-electron chi connectivity index (χ2n) is 4.96. The molecule has 1 aromatic rings. The summed E-state index contributed by atoms with van der Waals surface area (Å²) in [7, 11) is 3.03. The van der Waals surface area contributed by atoms with Crippen LogP contribution in [0.5, 0.6) is 17.2 Å². The van der Waals surface area contributed by atoms with Crippen LogP contribution in [0.1, 0.15) is 32.8 Å². The van der Waals surface area contributed by atoms with Crippen molar-refractivity contribution in [3.05, 3.63) is 34.5 Å². The zero-order valence-electron chi connectivity index (χ0n) is 13.6. The highest BCUT2D eigenvalue weighted by molar-refractivity contribution is 8.93. The molecule has 0 bridgehead atoms. The van der Waals surface area contributed by atoms with Crippen LogP contribution in [0, 0.1) is 0 Å². The topological polar surface area (TPSA) is 51.0 Å². The number of phenols is 1. The van der Waals surface area contributed by atoms with E-state index in [9.17, 15) is 5.11 Å². The molecule has 5 heteroatoms. The third-order valence-electron chi connectivity index (χ3n) is 3.72. The van der Waals surface area contributed by atoms with E-state index in [4.69, 9.17) is 9.47 Å². The summed E-state index contributed by atoms with van der Waals surface area (Å²) in [4.78, 5) is 4.61. The van der Waals surface area contributed by atoms with Gasteiger partial charge in [-0.25, -0.2) is 0 Å². The lowest BCUT2D eigenvalue weighted by Crippen LogP contribution is -1.91. The molecule has 22 heavy (non-hydrogen) atoms. The van der Waals surface area contributed by atoms with Gasteiger partial charge in [-0.15, -0.1) is 17.0 Å². The molecule has 0 fully saturated rings. The van der Waals surface area contributed by atoms with Crippen molar-refractivity contribution in [1.29, 1.82) is 0 Å². The number of hydrogen-bond acceptors (Lipinski definition) is 4. The number of rotatable bonds is 4. The molecule has 0 spiro atoms. The summed E-state index contributed by atoms with van der Waals surface area (Å²) >= 11 is 0. The summed E-state index contributed by atoms with van der Waals surface area (Å²) in [5.74, 6) is 0.782. The minimum absolute atomic E-state index is 0. The number of phenolic OH excluding ortho intramolecular Hbond substituents is 1. The van der Waals surface area contributed by atoms with Crippen molar-refractivity contribution in [3.63, 3.8) is 0 Å². The lowest BCUT2D eigenvalue weighted by atomic mass is 10.0. The van der Waals surface area contributed by atoms with Gasteiger partial charge in [-0.3, -0.25) is 4.99 Å². The van der Waals surface area contributed by atoms with Crippen molar-refractivity contribution in [2.45, 2.75) is 27.2 Å². The summed E-state index contributed by atoms with van der Waals surface area (Å²) in [5.41, 5.74) is 5.38. The lowest BCUT2D eigenvalue weighted by Gasteiger charge is -2.10. The molecule has 1 aliphatic rings. The van der Waals surface area contributed by atoms with Crippen LogP contribution in [-0.2, 0) is 0 Å². The van der Waals surface area contributed by atoms with Crippen molar-refractivity contribution in [3.8, 4) is 17.2 Å². The normalized spacial score (nSPS) is 15.7. The van der Waals surface area contributed by atoms with E-state index < -0.39 is 0 Å². The van der Waals surface area contributed by atoms with Gasteiger partial charge in [0.25, 0.3) is 0 Å². The number of ether oxygens (including phenoxy) is 2. The first kappa shape index (κ1) is 18.3. The number of nitrogens with zero attached hydrogens (tertiary/aromatic N) is 1. The largest absolute Gasteiger partial charge is 0.502 e. The van der Waals surface area contributed by atoms with Crippen LogP contribution >= 0.6 is 17.0 Å². The molecule has 0 saturated carbocycles. The van der Waals surface area contributed by atoms with Crippen molar-refractivity contribution < 1.29 is 14.6 Å². The zero-order chi connectivity index (χ0) is 15.6. The molecular weight excluding hydrogens is 346 g/mol. The van der Waals surface area contributed by atoms with Crippen LogP contribution < -0.4 is 9.47 Å². The summed E-state index contributed by atoms with van der Waals surface area (Å²) in [5, 5.41) is 9.94. The van der Waals surface area contributed by atoms with Gasteiger partial charge >= 0.3 is 0 Å². The number of methoxy groups -OCH3 is 2. The molecule has 1 aromatic carbocycles. The lowest BCUT2D eigenvalue weighted by molar-refractivity contribution is 0.340. The zero-order valence-corrected chi connectivity index (χ0v) is 15.3. The van der Waals surface area contributed by atoms with E-state index in [2.05, 4.69) is 18.8 Å². The van der Waals surface area contributed by atoms with E-state index in [1.807, 2.05) is 13.0 Å². The van der Waals surface area contributed by atoms with E-state index in [1.54, 1.807) is 12.1 Å². The SMILES string of the molecule is Br.CCC1=C(C)/C(=C\c2cc(OC)c(O)c(OC)c2)N=C1C. The first-order valence-corrected chi connectivity index (χ1v) is 6.94. The van der Waals surface area contributed by atoms with Crippen LogP contribution in [0.3, 0.4) is 0 Å². The van der Waals surface area contributed by atoms with E-state index in [0.717, 1.165) is 23.4 Å². The molecule has 0 saturated heterocycles. The molecule has 0 aromatic heterocycles. The van der Waals surface area contributed by atoms with E-state index in [1.165, 1.54) is 25.4 Å². The third-order valence-corrected chi connectivity index (χ3v) is 3.72. The van der Waals surface area contributed by atoms with Gasteiger partial charge in [0.15, 0.2) is 11.5 Å². The number of halogens is 1. The molecule has 1 heterocycles. The number of allylic oxidation sites excluding steroid dienone is 2. The molecule has 4 nitrogen and oxygen atoms in total. The minimum atomic E-state index is 0. The Kier molecular flexibility index (Phi) is 6.23. The summed E-state index contributed by atoms with van der Waals surface area (Å²) in [6.45, 7) is 6.24. The van der Waals surface area contributed by atoms with Crippen LogP contribution in [-0.4, -0.2) is 25.0 Å². The van der Waals surface area contributed by atoms with E-state index in [-0.39, 0.29) is 22.7 Å². The predicted octanol–water partition coefficient (Wildman–Crippen LogP) is 4.53. The van der Waals surface area contributed by atoms with Gasteiger partial charge in [-0.1, -0.05) is 6.92 Å². The first-order valence-electron chi connectivity index (χ1n) is 6.94. The number of aliphatic imine (C=N–C) groups is 1. The summed E-state index contributed by atoms with van der Waals surface area (Å²) in [6, 6.07) is 3.54. The van der Waals surface area contributed by atoms with E-state index >= 15 is 0 Å². The van der Waals surface area contributed by atoms with E-state index in [0.29, 0.717) is 11.5 Å². The van der Waals surface area contributed by atoms with Crippen LogP contribution in [0.2, 0.25) is 0 Å². The maximum atomic E-state index is 9.94. The Labute approximate surface area is 141 Å². The number of benzene rings is 1. The molecular formula is C17H22BrNO3. The molecule has 120 valence electrons. The number of hydrogen-bond donors (Lipinski definition) is 1. The standard InChI is InChI=1S/C17H21NO3.BrH/c1-6-13-10(2)14(18-11(13)3)7-12-8-15(20-4)17(19)16(9-12)21-5;/h7-9,19H,6H2,1-5H3;1H/b14-7+;. The Morgan fingerprint density at radius 3 is 2.09 bits per heavy atom. The molecule has 1 aliphatic heterocycles. The average Bonchev–Trinajstić information content (AvgIpc) is 2.74. The molecule has 0 amide bonds. The minimum Gasteiger partial charge on any atom is -0.502 e. The Morgan fingerprint density at radius 2 is 1.68 bits per heavy atom. The van der Waals surface area contributed by atoms with Crippen molar-refractivity contribution >= 4 is 28.8 Å². The average molecular weight is 368 g/mol. The van der Waals surface area contributed by atoms with Gasteiger partial charge in [-0.05, 0) is 55.2 Å². The highest BCUT2D eigenvalue weighted by Gasteiger charge is 2.17. The Morgan fingerprint density at radius 1 is 1.14 bits per heavy atom. The second-order valence-corrected chi connectivity index (χ2v) is 4.96. The van der Waals surface area contributed by atoms with Crippen molar-refractivity contribution in [2.24, 2.45) is 4.99 Å². The fraction of sp³-hybridized carbons (Fsp3) is 0.353. The van der Waals surface area contributed by atoms with Crippen molar-refractivity contribution in [2.75, 3.05) is 14.2 Å². The van der Waals surface area contributed by atoms with Gasteiger partial charge in [0, 0.05) is 5.71 Å². The van der Waals surface area contributed by atoms with Gasteiger partial charge in [-0.2, -0.15) is 0 Å². The van der Waals surface area contributed by atoms with Gasteiger partial charge in [0.1, 0.15) is 0 Å². The second kappa shape index (κ2) is 7.49. The summed E-state index contributed by atoms with van der Waals surface area (Å²) in [6.07, 6.45) is 2.95. The quantitative estimate of drug-likeness (QED) is 0.850. The summed E-state index contributed by atoms with van der Waals surface area (Å²) < 4.78 is 10.4. The maximum absolute atomic E-state index is 9.94. The predicted molar refractivity (Wildman–Crippen MR) is 95.6 cm³/mol. The smallest absolute Gasteiger partial charge is 0.200 e. The Balaban J connectivity index is 0.00000242. The molecule has 0 unspecified atom stereocenters. The van der Waals surface area contributed by atoms with Gasteiger partial charge in [0.2, 0.25) is 5.75 Å². The van der Waals surface area contributed by atoms with Gasteiger partial charge < -0.3 is 14.6 Å². The maximum Gasteiger partial charge on any atom is 0.200 e. The molecule has 0 radical (unpaired) electrons. The van der Waals surface area contributed by atoms with Crippen molar-refractivity contribution in [1.82, 2.24) is 0 Å². The molecule has 1 N–H and O–H groups in total. The van der Waals surface area contributed by atoms with Crippen LogP contribution in [0.4, 0.5) is 0 Å². The molecule has 0 atom stereocenters. The first-order chi connectivity index (χ1) is 10.0. The van der Waals surface area contributed by atoms with Crippen LogP contribution in [0.25, 0.3) is 6.08 Å². The highest BCUT2D eigenvalue weighted by atomic mass is 79.9. The van der Waals surface area contributed by atoms with Gasteiger partial charge in [0.05, 0.1) is 19.9 Å². The number of aromatic hydroxyl groups is 1. The fourth-order valence-electron chi connectivity index (χ4n) is 2.57. The Bertz CT molecular complexity index is 635. The van der Waals surface area contributed by atoms with Crippen LogP contribution in [0.15, 0.2) is 34.0 Å². The Hall–Kier alpha value is -1.75. The molecule has 2 rings (SSSR count). The third kappa shape index (κ3) is 3.35. The molecule has 0 aliphatic carbocycles. The highest BCUT2D eigenvalue weighted by Crippen LogP contribution is 2.38. The monoisotopic (exact) mass is 367 g/mol.